The van der Waals surface area contributed by atoms with Crippen molar-refractivity contribution in [2.45, 2.75) is 76.0 Å². The summed E-state index contributed by atoms with van der Waals surface area (Å²) < 4.78 is 16.0. The van der Waals surface area contributed by atoms with E-state index in [-0.39, 0.29) is 66.2 Å². The van der Waals surface area contributed by atoms with Crippen LogP contribution in [0.3, 0.4) is 0 Å². The highest BCUT2D eigenvalue weighted by Crippen LogP contribution is 2.52. The van der Waals surface area contributed by atoms with E-state index in [4.69, 9.17) is 14.2 Å². The number of nitrogens with one attached hydrogen (secondary N) is 3. The van der Waals surface area contributed by atoms with Gasteiger partial charge in [0.1, 0.15) is 25.5 Å². The largest absolute Gasteiger partial charge is 0.456 e. The quantitative estimate of drug-likeness (QED) is 0.0287. The number of nitro benzene ring substituents is 3. The monoisotopic (exact) mass is 1030 g/mol. The lowest BCUT2D eigenvalue weighted by Crippen LogP contribution is -2.63. The highest BCUT2D eigenvalue weighted by Gasteiger charge is 2.60. The van der Waals surface area contributed by atoms with Crippen molar-refractivity contribution in [3.8, 4) is 0 Å². The molecule has 7 atom stereocenters. The fraction of sp³-hybridized carbons (Fsp3) is 0.413. The summed E-state index contributed by atoms with van der Waals surface area (Å²) in [6, 6.07) is 14.4. The van der Waals surface area contributed by atoms with Gasteiger partial charge >= 0.3 is 18.2 Å². The van der Waals surface area contributed by atoms with Gasteiger partial charge in [-0.1, -0.05) is 6.92 Å². The molecule has 4 heterocycles. The normalized spacial score (nSPS) is 21.6. The summed E-state index contributed by atoms with van der Waals surface area (Å²) in [4.78, 5) is 120. The number of alkyl carbamates (subject to hydrolysis) is 1. The number of hydrogen-bond donors (Lipinski definition) is 4. The van der Waals surface area contributed by atoms with Crippen molar-refractivity contribution in [3.05, 3.63) is 130 Å². The molecule has 0 saturated carbocycles. The van der Waals surface area contributed by atoms with Gasteiger partial charge in [-0.25, -0.2) is 14.4 Å². The van der Waals surface area contributed by atoms with Crippen LogP contribution < -0.4 is 16.0 Å². The predicted molar refractivity (Wildman–Crippen MR) is 256 cm³/mol. The van der Waals surface area contributed by atoms with Crippen LogP contribution >= 0.6 is 11.8 Å². The Morgan fingerprint density at radius 2 is 1.40 bits per heavy atom. The number of thioether (sulfide) groups is 1. The van der Waals surface area contributed by atoms with Crippen LogP contribution in [0.25, 0.3) is 0 Å². The lowest BCUT2D eigenvalue weighted by atomic mass is 9.79. The Morgan fingerprint density at radius 3 is 1.93 bits per heavy atom. The second kappa shape index (κ2) is 23.0. The van der Waals surface area contributed by atoms with Crippen LogP contribution in [-0.2, 0) is 53.2 Å². The van der Waals surface area contributed by atoms with Crippen molar-refractivity contribution >= 4 is 70.7 Å². The first-order valence-electron chi connectivity index (χ1n) is 22.8. The van der Waals surface area contributed by atoms with Crippen molar-refractivity contribution in [1.82, 2.24) is 30.7 Å². The Balaban J connectivity index is 0.935. The molecule has 0 aromatic heterocycles. The van der Waals surface area contributed by atoms with E-state index in [1.165, 1.54) is 103 Å². The van der Waals surface area contributed by atoms with Crippen LogP contribution in [0, 0.1) is 42.2 Å². The van der Waals surface area contributed by atoms with Crippen molar-refractivity contribution in [2.24, 2.45) is 16.8 Å². The number of β-lactam (4-membered cyclic amide) rings is 1. The number of benzene rings is 3. The van der Waals surface area contributed by atoms with Gasteiger partial charge in [0.25, 0.3) is 17.1 Å². The van der Waals surface area contributed by atoms with Gasteiger partial charge in [-0.2, -0.15) is 0 Å². The van der Waals surface area contributed by atoms with E-state index in [9.17, 15) is 64.2 Å². The van der Waals surface area contributed by atoms with Gasteiger partial charge in [0.2, 0.25) is 23.7 Å². The molecule has 3 saturated heterocycles. The van der Waals surface area contributed by atoms with Crippen LogP contribution in [0.1, 0.15) is 43.4 Å². The molecule has 0 unspecified atom stereocenters. The molecular formula is C46H50N10O16S. The molecule has 3 aromatic carbocycles. The predicted octanol–water partition coefficient (Wildman–Crippen LogP) is 3.26. The summed E-state index contributed by atoms with van der Waals surface area (Å²) >= 11 is 1.36. The van der Waals surface area contributed by atoms with E-state index < -0.39 is 87.4 Å². The molecular weight excluding hydrogens is 981 g/mol. The third-order valence-electron chi connectivity index (χ3n) is 12.5. The fourth-order valence-electron chi connectivity index (χ4n) is 8.80. The smallest absolute Gasteiger partial charge is 0.437 e. The van der Waals surface area contributed by atoms with Crippen molar-refractivity contribution in [3.63, 3.8) is 0 Å². The number of likely N-dealkylation sites (tertiary alicyclic amines) is 1. The summed E-state index contributed by atoms with van der Waals surface area (Å²) in [6.45, 7) is 2.93. The number of guanidine groups is 1. The van der Waals surface area contributed by atoms with Crippen LogP contribution in [-0.4, -0.2) is 139 Å². The van der Waals surface area contributed by atoms with Crippen LogP contribution in [0.5, 0.6) is 0 Å². The average Bonchev–Trinajstić information content (AvgIpc) is 4.09. The molecule has 0 spiro atoms. The van der Waals surface area contributed by atoms with Gasteiger partial charge < -0.3 is 44.7 Å². The number of nitrogens with zero attached hydrogens (tertiary/aromatic N) is 7. The highest BCUT2D eigenvalue weighted by atomic mass is 32.2. The number of hydrogen-bond acceptors (Lipinski definition) is 18. The Kier molecular flexibility index (Phi) is 16.6. The fourth-order valence-corrected chi connectivity index (χ4v) is 10.3. The number of carbonyl (C=O) groups excluding carboxylic acids is 6. The maximum Gasteiger partial charge on any atom is 0.437 e. The number of likely N-dealkylation sites (N-methyl/N-ethyl adjacent to an activating group) is 1. The van der Waals surface area contributed by atoms with Crippen molar-refractivity contribution in [2.75, 3.05) is 33.2 Å². The third kappa shape index (κ3) is 12.7. The number of aliphatic hydroxyl groups is 1. The molecule has 7 rings (SSSR count). The number of amides is 5. The molecule has 386 valence electrons. The molecule has 27 heteroatoms. The SMILES string of the molecule is C[C@@H](O)[C@H]1C(=O)N2C(C(=O)OCc3ccc([N+](=O)[O-])cc3)=C(S[C@@H]3CN[C@H](C(=O)N4CC[C@H](NC(=O)CN(C)/C(=N\C(=O)OCc5ccc([N+](=O)[O-])cc5)NC(=O)OCc5ccc([N+](=O)[O-])cc5)C4)C3)[C@H](C)[C@H]12. The molecule has 5 amide bonds. The zero-order valence-corrected chi connectivity index (χ0v) is 40.3. The van der Waals surface area contributed by atoms with Crippen LogP contribution in [0.15, 0.2) is 88.4 Å². The minimum Gasteiger partial charge on any atom is -0.456 e. The summed E-state index contributed by atoms with van der Waals surface area (Å²) in [7, 11) is 1.35. The molecule has 4 N–H and O–H groups in total. The van der Waals surface area contributed by atoms with Gasteiger partial charge in [-0.3, -0.25) is 50.0 Å². The summed E-state index contributed by atoms with van der Waals surface area (Å²) in [5.41, 5.74) is 0.888. The minimum absolute atomic E-state index is 0.0678. The Bertz CT molecular complexity index is 2720. The molecule has 0 aliphatic carbocycles. The van der Waals surface area contributed by atoms with Gasteiger partial charge in [-0.15, -0.1) is 16.8 Å². The average molecular weight is 1030 g/mol. The van der Waals surface area contributed by atoms with E-state index in [0.29, 0.717) is 47.5 Å². The number of aliphatic imine (C=N–C) groups is 1. The summed E-state index contributed by atoms with van der Waals surface area (Å²) in [6.07, 6.45) is -2.49. The molecule has 4 aliphatic heterocycles. The van der Waals surface area contributed by atoms with Crippen LogP contribution in [0.4, 0.5) is 26.7 Å². The number of ether oxygens (including phenoxy) is 3. The van der Waals surface area contributed by atoms with Gasteiger partial charge in [0, 0.05) is 85.2 Å². The lowest BCUT2D eigenvalue weighted by Gasteiger charge is -2.46. The number of rotatable bonds is 17. The standard InChI is InChI=1S/C46H50N10O16S/c1-25-38-37(26(2)57)42(60)53(38)39(43(61)70-22-27-4-10-31(11-5-27)54(64)65)40(25)73-34-18-35(47-19-34)41(59)52-17-16-30(20-52)48-36(58)21-51(3)44(49-45(62)71-23-28-6-12-32(13-7-28)55(66)67)50-46(63)72-24-29-8-14-33(15-9-29)56(68)69/h4-15,25-26,30,34-35,37-38,47,57H,16-24H2,1-3H3,(H,48,58)(H,49,50,62,63)/t25-,26-,30+,34+,35+,37-,38-/m1/s1. The first-order chi connectivity index (χ1) is 34.8. The molecule has 3 fully saturated rings. The highest BCUT2D eigenvalue weighted by molar-refractivity contribution is 8.03. The van der Waals surface area contributed by atoms with E-state index in [1.54, 1.807) is 4.90 Å². The van der Waals surface area contributed by atoms with Gasteiger partial charge in [-0.05, 0) is 72.9 Å². The number of aliphatic hydroxyl groups excluding tert-OH is 1. The van der Waals surface area contributed by atoms with Gasteiger partial charge in [0.15, 0.2) is 0 Å². The number of fused-ring (bicyclic) bond motifs is 1. The lowest BCUT2D eigenvalue weighted by molar-refractivity contribution is -0.385. The summed E-state index contributed by atoms with van der Waals surface area (Å²) in [5, 5.41) is 51.8. The molecule has 4 aliphatic rings. The molecule has 0 radical (unpaired) electrons. The van der Waals surface area contributed by atoms with E-state index in [1.807, 2.05) is 6.92 Å². The first kappa shape index (κ1) is 52.8. The summed E-state index contributed by atoms with van der Waals surface area (Å²) in [5.74, 6) is -3.46. The second-order valence-electron chi connectivity index (χ2n) is 17.6. The maximum absolute atomic E-state index is 13.9. The Hall–Kier alpha value is -8.04. The number of non-ortho nitro benzene ring substituents is 3. The number of carbonyl (C=O) groups is 6. The van der Waals surface area contributed by atoms with Crippen molar-refractivity contribution < 1.29 is 62.9 Å². The van der Waals surface area contributed by atoms with E-state index in [0.717, 1.165) is 4.90 Å². The second-order valence-corrected chi connectivity index (χ2v) is 19.0. The molecule has 73 heavy (non-hydrogen) atoms. The minimum atomic E-state index is -1.19. The number of nitro groups is 3. The third-order valence-corrected chi connectivity index (χ3v) is 14.1. The first-order valence-corrected chi connectivity index (χ1v) is 23.7. The van der Waals surface area contributed by atoms with Gasteiger partial charge in [0.05, 0.1) is 45.4 Å². The Labute approximate surface area is 419 Å². The molecule has 3 aromatic rings. The van der Waals surface area contributed by atoms with Crippen molar-refractivity contribution in [1.29, 1.82) is 0 Å². The van der Waals surface area contributed by atoms with E-state index in [2.05, 4.69) is 20.9 Å². The zero-order valence-electron chi connectivity index (χ0n) is 39.4. The Morgan fingerprint density at radius 1 is 0.863 bits per heavy atom. The molecule has 26 nitrogen and oxygen atoms in total. The maximum atomic E-state index is 13.9. The molecule has 0 bridgehead atoms. The van der Waals surface area contributed by atoms with Crippen LogP contribution in [0.2, 0.25) is 0 Å². The number of esters is 1. The van der Waals surface area contributed by atoms with E-state index >= 15 is 0 Å². The topological polar surface area (TPSA) is 338 Å². The zero-order chi connectivity index (χ0) is 52.7.